The van der Waals surface area contributed by atoms with Crippen molar-refractivity contribution in [1.29, 1.82) is 0 Å². The van der Waals surface area contributed by atoms with E-state index < -0.39 is 0 Å². The summed E-state index contributed by atoms with van der Waals surface area (Å²) in [5.41, 5.74) is 1.91. The van der Waals surface area contributed by atoms with Crippen LogP contribution in [0.5, 0.6) is 5.75 Å². The molecule has 2 rings (SSSR count). The number of anilines is 1. The third kappa shape index (κ3) is 3.71. The van der Waals surface area contributed by atoms with Crippen LogP contribution in [0.4, 0.5) is 10.1 Å². The Labute approximate surface area is 113 Å². The molecule has 0 amide bonds. The van der Waals surface area contributed by atoms with E-state index in [4.69, 9.17) is 4.74 Å². The Morgan fingerprint density at radius 1 is 1.16 bits per heavy atom. The fourth-order valence-corrected chi connectivity index (χ4v) is 1.92. The van der Waals surface area contributed by atoms with Crippen molar-refractivity contribution in [3.8, 4) is 5.75 Å². The molecular weight excluding hydrogens is 241 g/mol. The number of rotatable bonds is 5. The number of hydrogen-bond acceptors (Lipinski definition) is 2. The summed E-state index contributed by atoms with van der Waals surface area (Å²) < 4.78 is 18.5. The maximum Gasteiger partial charge on any atom is 0.123 e. The number of hydrogen-bond donors (Lipinski definition) is 1. The Hall–Kier alpha value is -2.03. The second kappa shape index (κ2) is 6.23. The maximum absolute atomic E-state index is 13.2. The SMILES string of the molecule is CCOc1ccc(NC(C)c2cccc(F)c2)cc1. The topological polar surface area (TPSA) is 21.3 Å². The Morgan fingerprint density at radius 2 is 1.89 bits per heavy atom. The van der Waals surface area contributed by atoms with E-state index in [0.29, 0.717) is 6.61 Å². The van der Waals surface area contributed by atoms with Gasteiger partial charge in [0, 0.05) is 11.7 Å². The van der Waals surface area contributed by atoms with Gasteiger partial charge in [0.1, 0.15) is 11.6 Å². The van der Waals surface area contributed by atoms with Crippen LogP contribution >= 0.6 is 0 Å². The predicted octanol–water partition coefficient (Wildman–Crippen LogP) is 4.40. The predicted molar refractivity (Wildman–Crippen MR) is 76.0 cm³/mol. The van der Waals surface area contributed by atoms with Gasteiger partial charge < -0.3 is 10.1 Å². The van der Waals surface area contributed by atoms with E-state index in [-0.39, 0.29) is 11.9 Å². The first kappa shape index (κ1) is 13.4. The first-order valence-corrected chi connectivity index (χ1v) is 6.44. The zero-order valence-electron chi connectivity index (χ0n) is 11.2. The fourth-order valence-electron chi connectivity index (χ4n) is 1.92. The van der Waals surface area contributed by atoms with Crippen molar-refractivity contribution in [3.05, 3.63) is 59.9 Å². The van der Waals surface area contributed by atoms with Crippen molar-refractivity contribution < 1.29 is 9.13 Å². The molecule has 0 fully saturated rings. The standard InChI is InChI=1S/C16H18FNO/c1-3-19-16-9-7-15(8-10-16)18-12(2)13-5-4-6-14(17)11-13/h4-12,18H,3H2,1-2H3. The molecule has 2 aromatic carbocycles. The Morgan fingerprint density at radius 3 is 2.53 bits per heavy atom. The van der Waals surface area contributed by atoms with Crippen LogP contribution in [0.1, 0.15) is 25.5 Å². The van der Waals surface area contributed by atoms with Gasteiger partial charge in [-0.2, -0.15) is 0 Å². The molecular formula is C16H18FNO. The van der Waals surface area contributed by atoms with E-state index in [0.717, 1.165) is 17.0 Å². The van der Waals surface area contributed by atoms with Crippen LogP contribution < -0.4 is 10.1 Å². The van der Waals surface area contributed by atoms with Gasteiger partial charge in [-0.15, -0.1) is 0 Å². The average molecular weight is 259 g/mol. The molecule has 0 aliphatic heterocycles. The van der Waals surface area contributed by atoms with E-state index >= 15 is 0 Å². The molecule has 0 aliphatic carbocycles. The van der Waals surface area contributed by atoms with Gasteiger partial charge in [-0.1, -0.05) is 12.1 Å². The summed E-state index contributed by atoms with van der Waals surface area (Å²) in [5, 5.41) is 3.33. The highest BCUT2D eigenvalue weighted by molar-refractivity contribution is 5.48. The summed E-state index contributed by atoms with van der Waals surface area (Å²) in [6.07, 6.45) is 0. The largest absolute Gasteiger partial charge is 0.494 e. The van der Waals surface area contributed by atoms with Crippen LogP contribution in [0.15, 0.2) is 48.5 Å². The zero-order chi connectivity index (χ0) is 13.7. The summed E-state index contributed by atoms with van der Waals surface area (Å²) in [7, 11) is 0. The Bertz CT molecular complexity index is 525. The van der Waals surface area contributed by atoms with Crippen molar-refractivity contribution in [1.82, 2.24) is 0 Å². The van der Waals surface area contributed by atoms with E-state index in [1.165, 1.54) is 6.07 Å². The smallest absolute Gasteiger partial charge is 0.123 e. The fraction of sp³-hybridized carbons (Fsp3) is 0.250. The molecule has 19 heavy (non-hydrogen) atoms. The van der Waals surface area contributed by atoms with E-state index in [9.17, 15) is 4.39 Å². The van der Waals surface area contributed by atoms with E-state index in [1.807, 2.05) is 44.2 Å². The van der Waals surface area contributed by atoms with Crippen LogP contribution in [0, 0.1) is 5.82 Å². The van der Waals surface area contributed by atoms with Crippen LogP contribution in [0.3, 0.4) is 0 Å². The maximum atomic E-state index is 13.2. The van der Waals surface area contributed by atoms with Gasteiger partial charge in [0.2, 0.25) is 0 Å². The highest BCUT2D eigenvalue weighted by Crippen LogP contribution is 2.22. The second-order valence-electron chi connectivity index (χ2n) is 4.38. The molecule has 0 aliphatic rings. The molecule has 3 heteroatoms. The molecule has 2 nitrogen and oxygen atoms in total. The highest BCUT2D eigenvalue weighted by atomic mass is 19.1. The number of nitrogens with one attached hydrogen (secondary N) is 1. The summed E-state index contributed by atoms with van der Waals surface area (Å²) >= 11 is 0. The Balaban J connectivity index is 2.04. The van der Waals surface area contributed by atoms with E-state index in [1.54, 1.807) is 12.1 Å². The van der Waals surface area contributed by atoms with Gasteiger partial charge >= 0.3 is 0 Å². The molecule has 0 bridgehead atoms. The van der Waals surface area contributed by atoms with Gasteiger partial charge in [-0.3, -0.25) is 0 Å². The lowest BCUT2D eigenvalue weighted by Crippen LogP contribution is -2.06. The van der Waals surface area contributed by atoms with Crippen molar-refractivity contribution in [3.63, 3.8) is 0 Å². The first-order chi connectivity index (χ1) is 9.19. The van der Waals surface area contributed by atoms with Gasteiger partial charge in [0.15, 0.2) is 0 Å². The van der Waals surface area contributed by atoms with Crippen LogP contribution in [0.25, 0.3) is 0 Å². The van der Waals surface area contributed by atoms with E-state index in [2.05, 4.69) is 5.32 Å². The molecule has 100 valence electrons. The molecule has 0 radical (unpaired) electrons. The molecule has 2 aromatic rings. The quantitative estimate of drug-likeness (QED) is 0.859. The monoisotopic (exact) mass is 259 g/mol. The first-order valence-electron chi connectivity index (χ1n) is 6.44. The van der Waals surface area contributed by atoms with Gasteiger partial charge in [-0.25, -0.2) is 4.39 Å². The van der Waals surface area contributed by atoms with Crippen LogP contribution in [-0.2, 0) is 0 Å². The third-order valence-corrected chi connectivity index (χ3v) is 2.90. The van der Waals surface area contributed by atoms with Crippen molar-refractivity contribution >= 4 is 5.69 Å². The summed E-state index contributed by atoms with van der Waals surface area (Å²) in [5.74, 6) is 0.643. The average Bonchev–Trinajstić information content (AvgIpc) is 2.41. The molecule has 0 spiro atoms. The highest BCUT2D eigenvalue weighted by Gasteiger charge is 2.06. The molecule has 0 saturated carbocycles. The van der Waals surface area contributed by atoms with Gasteiger partial charge in [0.25, 0.3) is 0 Å². The van der Waals surface area contributed by atoms with Crippen LogP contribution in [0.2, 0.25) is 0 Å². The molecule has 0 aromatic heterocycles. The normalized spacial score (nSPS) is 11.9. The summed E-state index contributed by atoms with van der Waals surface area (Å²) in [6, 6.07) is 14.4. The lowest BCUT2D eigenvalue weighted by atomic mass is 10.1. The summed E-state index contributed by atoms with van der Waals surface area (Å²) in [6.45, 7) is 4.62. The Kier molecular flexibility index (Phi) is 4.39. The number of halogens is 1. The van der Waals surface area contributed by atoms with Gasteiger partial charge in [-0.05, 0) is 55.8 Å². The second-order valence-corrected chi connectivity index (χ2v) is 4.38. The number of benzene rings is 2. The lowest BCUT2D eigenvalue weighted by Gasteiger charge is -2.16. The molecule has 0 saturated heterocycles. The summed E-state index contributed by atoms with van der Waals surface area (Å²) in [4.78, 5) is 0. The molecule has 1 N–H and O–H groups in total. The molecule has 1 atom stereocenters. The minimum atomic E-state index is -0.210. The molecule has 0 heterocycles. The van der Waals surface area contributed by atoms with Gasteiger partial charge in [0.05, 0.1) is 6.61 Å². The van der Waals surface area contributed by atoms with Crippen molar-refractivity contribution in [2.45, 2.75) is 19.9 Å². The number of ether oxygens (including phenoxy) is 1. The third-order valence-electron chi connectivity index (χ3n) is 2.90. The van der Waals surface area contributed by atoms with Crippen molar-refractivity contribution in [2.24, 2.45) is 0 Å². The minimum absolute atomic E-state index is 0.0497. The lowest BCUT2D eigenvalue weighted by molar-refractivity contribution is 0.340. The zero-order valence-corrected chi connectivity index (χ0v) is 11.2. The van der Waals surface area contributed by atoms with Crippen molar-refractivity contribution in [2.75, 3.05) is 11.9 Å². The van der Waals surface area contributed by atoms with Crippen LogP contribution in [-0.4, -0.2) is 6.61 Å². The minimum Gasteiger partial charge on any atom is -0.494 e. The molecule has 1 unspecified atom stereocenters.